The Hall–Kier alpha value is -1.49. The van der Waals surface area contributed by atoms with E-state index in [9.17, 15) is 0 Å². The highest BCUT2D eigenvalue weighted by Gasteiger charge is 2.07. The quantitative estimate of drug-likeness (QED) is 0.890. The molecule has 0 saturated carbocycles. The number of benzene rings is 1. The first-order valence-electron chi connectivity index (χ1n) is 4.89. The number of hydrogen-bond donors (Lipinski definition) is 2. The van der Waals surface area contributed by atoms with Crippen LogP contribution in [0.2, 0.25) is 0 Å². The Morgan fingerprint density at radius 1 is 1.44 bits per heavy atom. The fraction of sp³-hybridized carbons (Fsp3) is 0.182. The van der Waals surface area contributed by atoms with Gasteiger partial charge >= 0.3 is 0 Å². The van der Waals surface area contributed by atoms with Crippen LogP contribution >= 0.6 is 15.9 Å². The highest BCUT2D eigenvalue weighted by atomic mass is 79.9. The summed E-state index contributed by atoms with van der Waals surface area (Å²) < 4.78 is 2.71. The minimum absolute atomic E-state index is 0.635. The van der Waals surface area contributed by atoms with Crippen LogP contribution in [0.5, 0.6) is 0 Å². The normalized spacial score (nSPS) is 10.4. The predicted octanol–water partition coefficient (Wildman–Crippen LogP) is 2.82. The molecule has 0 unspecified atom stereocenters. The zero-order valence-corrected chi connectivity index (χ0v) is 10.7. The molecule has 5 heteroatoms. The lowest BCUT2D eigenvalue weighted by atomic mass is 10.2. The highest BCUT2D eigenvalue weighted by Crippen LogP contribution is 2.29. The monoisotopic (exact) mass is 280 g/mol. The largest absolute Gasteiger partial charge is 0.394 e. The first kappa shape index (κ1) is 11.0. The number of nitrogen functional groups attached to an aromatic ring is 1. The third-order valence-electron chi connectivity index (χ3n) is 2.30. The van der Waals surface area contributed by atoms with Crippen molar-refractivity contribution in [1.82, 2.24) is 9.78 Å². The van der Waals surface area contributed by atoms with Crippen LogP contribution in [-0.2, 0) is 7.05 Å². The van der Waals surface area contributed by atoms with Gasteiger partial charge in [0.2, 0.25) is 0 Å². The number of aryl methyl sites for hydroxylation is 2. The van der Waals surface area contributed by atoms with Crippen molar-refractivity contribution in [3.8, 4) is 0 Å². The van der Waals surface area contributed by atoms with E-state index < -0.39 is 0 Å². The van der Waals surface area contributed by atoms with E-state index in [-0.39, 0.29) is 0 Å². The van der Waals surface area contributed by atoms with Gasteiger partial charge in [-0.1, -0.05) is 12.1 Å². The Kier molecular flexibility index (Phi) is 2.87. The van der Waals surface area contributed by atoms with Crippen LogP contribution in [0.3, 0.4) is 0 Å². The molecule has 0 bridgehead atoms. The number of rotatable bonds is 2. The number of nitrogens with two attached hydrogens (primary N) is 1. The molecule has 0 atom stereocenters. The van der Waals surface area contributed by atoms with Gasteiger partial charge in [-0.15, -0.1) is 0 Å². The predicted molar refractivity (Wildman–Crippen MR) is 69.8 cm³/mol. The molecule has 3 N–H and O–H groups in total. The molecule has 2 rings (SSSR count). The molecule has 1 heterocycles. The second-order valence-corrected chi connectivity index (χ2v) is 4.46. The second kappa shape index (κ2) is 4.17. The smallest absolute Gasteiger partial charge is 0.175 e. The summed E-state index contributed by atoms with van der Waals surface area (Å²) in [5.41, 5.74) is 8.58. The van der Waals surface area contributed by atoms with Gasteiger partial charge in [0.25, 0.3) is 0 Å². The first-order chi connectivity index (χ1) is 7.58. The number of hydrogen-bond acceptors (Lipinski definition) is 3. The Balaban J connectivity index is 2.34. The van der Waals surface area contributed by atoms with E-state index in [1.54, 1.807) is 10.9 Å². The number of aromatic nitrogens is 2. The van der Waals surface area contributed by atoms with Crippen LogP contribution in [-0.4, -0.2) is 9.78 Å². The Labute approximate surface area is 103 Å². The topological polar surface area (TPSA) is 55.9 Å². The summed E-state index contributed by atoms with van der Waals surface area (Å²) in [4.78, 5) is 0. The number of anilines is 3. The average Bonchev–Trinajstić information content (AvgIpc) is 2.53. The van der Waals surface area contributed by atoms with Gasteiger partial charge < -0.3 is 11.1 Å². The van der Waals surface area contributed by atoms with E-state index in [1.807, 2.05) is 32.2 Å². The average molecular weight is 281 g/mol. The molecule has 0 aliphatic heterocycles. The van der Waals surface area contributed by atoms with Crippen LogP contribution in [0.4, 0.5) is 17.2 Å². The molecule has 1 aromatic carbocycles. The summed E-state index contributed by atoms with van der Waals surface area (Å²) >= 11 is 3.53. The molecule has 1 aromatic heterocycles. The van der Waals surface area contributed by atoms with Crippen LogP contribution in [0.1, 0.15) is 5.56 Å². The lowest BCUT2D eigenvalue weighted by Crippen LogP contribution is -1.97. The van der Waals surface area contributed by atoms with Gasteiger partial charge in [0.05, 0.1) is 11.4 Å². The molecule has 16 heavy (non-hydrogen) atoms. The minimum Gasteiger partial charge on any atom is -0.394 e. The summed E-state index contributed by atoms with van der Waals surface area (Å²) in [6, 6.07) is 6.00. The summed E-state index contributed by atoms with van der Waals surface area (Å²) in [5, 5.41) is 7.43. The number of nitrogens with zero attached hydrogens (tertiary/aromatic N) is 2. The van der Waals surface area contributed by atoms with Crippen LogP contribution in [0.25, 0.3) is 0 Å². The maximum Gasteiger partial charge on any atom is 0.175 e. The maximum atomic E-state index is 5.82. The third-order valence-corrected chi connectivity index (χ3v) is 3.35. The van der Waals surface area contributed by atoms with Gasteiger partial charge in [-0.2, -0.15) is 5.10 Å². The molecule has 0 spiro atoms. The van der Waals surface area contributed by atoms with Crippen LogP contribution < -0.4 is 11.1 Å². The van der Waals surface area contributed by atoms with Crippen LogP contribution in [0.15, 0.2) is 28.9 Å². The van der Waals surface area contributed by atoms with E-state index >= 15 is 0 Å². The number of halogens is 1. The standard InChI is InChI=1S/C11H13BrN4/c1-7-4-3-5-9(10(7)12)14-11-8(13)6-16(2)15-11/h3-6H,13H2,1-2H3,(H,14,15). The zero-order chi connectivity index (χ0) is 11.7. The second-order valence-electron chi connectivity index (χ2n) is 3.67. The summed E-state index contributed by atoms with van der Waals surface area (Å²) in [5.74, 6) is 0.675. The number of nitrogens with one attached hydrogen (secondary N) is 1. The minimum atomic E-state index is 0.635. The maximum absolute atomic E-state index is 5.82. The third kappa shape index (κ3) is 2.04. The summed E-state index contributed by atoms with van der Waals surface area (Å²) in [7, 11) is 1.84. The van der Waals surface area contributed by atoms with Crippen molar-refractivity contribution in [2.75, 3.05) is 11.1 Å². The van der Waals surface area contributed by atoms with Crippen molar-refractivity contribution in [2.24, 2.45) is 7.05 Å². The summed E-state index contributed by atoms with van der Waals surface area (Å²) in [6.45, 7) is 2.04. The fourth-order valence-electron chi connectivity index (χ4n) is 1.48. The van der Waals surface area contributed by atoms with Crippen molar-refractivity contribution in [1.29, 1.82) is 0 Å². The Morgan fingerprint density at radius 3 is 2.81 bits per heavy atom. The molecule has 0 amide bonds. The van der Waals surface area contributed by atoms with E-state index in [0.717, 1.165) is 10.2 Å². The molecule has 0 aliphatic rings. The van der Waals surface area contributed by atoms with E-state index in [0.29, 0.717) is 11.5 Å². The van der Waals surface area contributed by atoms with Crippen molar-refractivity contribution in [3.05, 3.63) is 34.4 Å². The molecule has 84 valence electrons. The molecule has 2 aromatic rings. The van der Waals surface area contributed by atoms with Crippen LogP contribution in [0, 0.1) is 6.92 Å². The molecule has 0 saturated heterocycles. The van der Waals surface area contributed by atoms with E-state index in [2.05, 4.69) is 26.3 Å². The van der Waals surface area contributed by atoms with Crippen molar-refractivity contribution in [2.45, 2.75) is 6.92 Å². The fourth-order valence-corrected chi connectivity index (χ4v) is 1.84. The van der Waals surface area contributed by atoms with E-state index in [4.69, 9.17) is 5.73 Å². The van der Waals surface area contributed by atoms with E-state index in [1.165, 1.54) is 5.56 Å². The van der Waals surface area contributed by atoms with Gasteiger partial charge in [-0.3, -0.25) is 4.68 Å². The molecule has 4 nitrogen and oxygen atoms in total. The molecule has 0 fully saturated rings. The van der Waals surface area contributed by atoms with Gasteiger partial charge in [0.15, 0.2) is 5.82 Å². The zero-order valence-electron chi connectivity index (χ0n) is 9.16. The lowest BCUT2D eigenvalue weighted by molar-refractivity contribution is 0.771. The van der Waals surface area contributed by atoms with Gasteiger partial charge in [0.1, 0.15) is 0 Å². The molecule has 0 radical (unpaired) electrons. The molecular weight excluding hydrogens is 268 g/mol. The molecular formula is C11H13BrN4. The SMILES string of the molecule is Cc1cccc(Nc2nn(C)cc2N)c1Br. The molecule has 0 aliphatic carbocycles. The van der Waals surface area contributed by atoms with Crippen molar-refractivity contribution < 1.29 is 0 Å². The van der Waals surface area contributed by atoms with Gasteiger partial charge in [-0.05, 0) is 34.5 Å². The van der Waals surface area contributed by atoms with Gasteiger partial charge in [0, 0.05) is 17.7 Å². The van der Waals surface area contributed by atoms with Gasteiger partial charge in [-0.25, -0.2) is 0 Å². The lowest BCUT2D eigenvalue weighted by Gasteiger charge is -2.08. The highest BCUT2D eigenvalue weighted by molar-refractivity contribution is 9.10. The Morgan fingerprint density at radius 2 is 2.19 bits per heavy atom. The van der Waals surface area contributed by atoms with Crippen molar-refractivity contribution in [3.63, 3.8) is 0 Å². The van der Waals surface area contributed by atoms with Crippen molar-refractivity contribution >= 4 is 33.1 Å². The first-order valence-corrected chi connectivity index (χ1v) is 5.68. The summed E-state index contributed by atoms with van der Waals surface area (Å²) in [6.07, 6.45) is 1.77. The Bertz CT molecular complexity index is 519.